The van der Waals surface area contributed by atoms with Gasteiger partial charge in [0.1, 0.15) is 11.6 Å². The lowest BCUT2D eigenvalue weighted by molar-refractivity contribution is 0.102. The van der Waals surface area contributed by atoms with E-state index < -0.39 is 15.9 Å². The maximum absolute atomic E-state index is 13.1. The van der Waals surface area contributed by atoms with Gasteiger partial charge in [-0.05, 0) is 43.2 Å². The van der Waals surface area contributed by atoms with Gasteiger partial charge in [-0.3, -0.25) is 4.79 Å². The normalized spacial score (nSPS) is 11.7. The van der Waals surface area contributed by atoms with Gasteiger partial charge >= 0.3 is 0 Å². The molecule has 0 radical (unpaired) electrons. The highest BCUT2D eigenvalue weighted by Gasteiger charge is 2.22. The maximum atomic E-state index is 13.1. The zero-order valence-corrected chi connectivity index (χ0v) is 25.1. The Kier molecular flexibility index (Phi) is 10.6. The summed E-state index contributed by atoms with van der Waals surface area (Å²) >= 11 is 20.2. The quantitative estimate of drug-likeness (QED) is 0.283. The van der Waals surface area contributed by atoms with Crippen molar-refractivity contribution in [2.75, 3.05) is 51.2 Å². The summed E-state index contributed by atoms with van der Waals surface area (Å²) in [5.74, 6) is 0.234. The van der Waals surface area contributed by atoms with Gasteiger partial charge in [0, 0.05) is 41.8 Å². The average molecular weight is 621 g/mol. The monoisotopic (exact) mass is 619 g/mol. The first-order valence-electron chi connectivity index (χ1n) is 11.3. The Balaban J connectivity index is 1.82. The van der Waals surface area contributed by atoms with E-state index in [4.69, 9.17) is 39.5 Å². The summed E-state index contributed by atoms with van der Waals surface area (Å²) in [5.41, 5.74) is 1.36. The number of nitrogens with zero attached hydrogens (tertiary/aromatic N) is 3. The van der Waals surface area contributed by atoms with Gasteiger partial charge in [-0.25, -0.2) is 13.4 Å². The van der Waals surface area contributed by atoms with E-state index in [1.165, 1.54) is 41.3 Å². The van der Waals surface area contributed by atoms with Crippen molar-refractivity contribution in [1.82, 2.24) is 14.2 Å². The van der Waals surface area contributed by atoms with E-state index in [0.717, 1.165) is 4.88 Å². The van der Waals surface area contributed by atoms with Crippen molar-refractivity contribution in [1.29, 1.82) is 0 Å². The van der Waals surface area contributed by atoms with Crippen LogP contribution < -0.4 is 15.4 Å². The minimum absolute atomic E-state index is 0.161. The van der Waals surface area contributed by atoms with Crippen molar-refractivity contribution in [2.24, 2.45) is 0 Å². The van der Waals surface area contributed by atoms with Gasteiger partial charge in [-0.15, -0.1) is 11.3 Å². The van der Waals surface area contributed by atoms with Crippen molar-refractivity contribution in [3.8, 4) is 5.75 Å². The maximum Gasteiger partial charge on any atom is 0.259 e. The molecule has 2 N–H and O–H groups in total. The molecule has 14 heteroatoms. The smallest absolute Gasteiger partial charge is 0.259 e. The number of methoxy groups -OCH3 is 1. The number of aromatic nitrogens is 1. The molecule has 0 saturated heterocycles. The minimum atomic E-state index is -3.43. The zero-order chi connectivity index (χ0) is 28.0. The van der Waals surface area contributed by atoms with E-state index in [-0.39, 0.29) is 18.7 Å². The van der Waals surface area contributed by atoms with Crippen LogP contribution in [0.3, 0.4) is 0 Å². The summed E-state index contributed by atoms with van der Waals surface area (Å²) in [6.07, 6.45) is 2.61. The molecule has 2 heterocycles. The molecule has 9 nitrogen and oxygen atoms in total. The van der Waals surface area contributed by atoms with Crippen molar-refractivity contribution in [2.45, 2.75) is 13.1 Å². The van der Waals surface area contributed by atoms with Gasteiger partial charge in [0.05, 0.1) is 41.2 Å². The lowest BCUT2D eigenvalue weighted by Crippen LogP contribution is -2.35. The fraction of sp³-hybridized carbons (Fsp3) is 0.333. The van der Waals surface area contributed by atoms with Crippen LogP contribution in [0.1, 0.15) is 20.8 Å². The molecule has 0 unspecified atom stereocenters. The van der Waals surface area contributed by atoms with Crippen LogP contribution in [-0.4, -0.2) is 69.1 Å². The number of thiophene rings is 1. The predicted molar refractivity (Wildman–Crippen MR) is 156 cm³/mol. The number of carbonyl (C=O) groups is 1. The summed E-state index contributed by atoms with van der Waals surface area (Å²) in [6, 6.07) is 6.31. The van der Waals surface area contributed by atoms with Gasteiger partial charge in [0.2, 0.25) is 10.0 Å². The number of halogens is 3. The minimum Gasteiger partial charge on any atom is -0.495 e. The average Bonchev–Trinajstić information content (AvgIpc) is 3.19. The number of likely N-dealkylation sites (N-methyl/N-ethyl adjacent to an activating group) is 1. The molecule has 0 aliphatic rings. The van der Waals surface area contributed by atoms with E-state index >= 15 is 0 Å². The number of amides is 1. The highest BCUT2D eigenvalue weighted by molar-refractivity contribution is 7.88. The Bertz CT molecular complexity index is 1380. The first kappa shape index (κ1) is 30.4. The second-order valence-corrected chi connectivity index (χ2v) is 12.8. The molecule has 0 spiro atoms. The van der Waals surface area contributed by atoms with Crippen LogP contribution in [0, 0.1) is 0 Å². The molecule has 3 aromatic rings. The summed E-state index contributed by atoms with van der Waals surface area (Å²) in [5, 5.41) is 9.02. The van der Waals surface area contributed by atoms with E-state index in [9.17, 15) is 13.2 Å². The SMILES string of the molecule is COc1cc(Cl)cc(C(=O)Nc2ccc(Cl)cn2)c1NCc1scc(CN(CCN(C)C)S(C)(=O)=O)c1Cl. The Morgan fingerprint density at radius 3 is 2.47 bits per heavy atom. The van der Waals surface area contributed by atoms with Gasteiger partial charge in [0.15, 0.2) is 0 Å². The number of nitrogens with one attached hydrogen (secondary N) is 2. The molecule has 3 rings (SSSR count). The number of hydrogen-bond acceptors (Lipinski definition) is 8. The fourth-order valence-electron chi connectivity index (χ4n) is 3.42. The lowest BCUT2D eigenvalue weighted by atomic mass is 10.1. The summed E-state index contributed by atoms with van der Waals surface area (Å²) in [7, 11) is 1.81. The van der Waals surface area contributed by atoms with Crippen LogP contribution in [0.2, 0.25) is 15.1 Å². The first-order valence-corrected chi connectivity index (χ1v) is 15.1. The van der Waals surface area contributed by atoms with Crippen LogP contribution in [0.4, 0.5) is 11.5 Å². The molecular formula is C24H28Cl3N5O4S2. The van der Waals surface area contributed by atoms with Crippen molar-refractivity contribution < 1.29 is 17.9 Å². The van der Waals surface area contributed by atoms with Crippen LogP contribution in [0.25, 0.3) is 0 Å². The van der Waals surface area contributed by atoms with E-state index in [1.807, 2.05) is 24.4 Å². The summed E-state index contributed by atoms with van der Waals surface area (Å²) < 4.78 is 31.5. The molecule has 38 heavy (non-hydrogen) atoms. The predicted octanol–water partition coefficient (Wildman–Crippen LogP) is 5.30. The number of benzene rings is 1. The van der Waals surface area contributed by atoms with Gasteiger partial charge in [-0.1, -0.05) is 34.8 Å². The molecule has 0 bridgehead atoms. The Morgan fingerprint density at radius 1 is 1.13 bits per heavy atom. The van der Waals surface area contributed by atoms with Crippen LogP contribution in [0.5, 0.6) is 5.75 Å². The summed E-state index contributed by atoms with van der Waals surface area (Å²) in [4.78, 5) is 19.9. The fourth-order valence-corrected chi connectivity index (χ4v) is 5.77. The van der Waals surface area contributed by atoms with E-state index in [2.05, 4.69) is 15.6 Å². The lowest BCUT2D eigenvalue weighted by Gasteiger charge is -2.21. The third kappa shape index (κ3) is 8.19. The first-order chi connectivity index (χ1) is 17.9. The number of anilines is 2. The van der Waals surface area contributed by atoms with Gasteiger partial charge < -0.3 is 20.3 Å². The standard InChI is InChI=1S/C24H28Cl3N5O4S2/c1-31(2)7-8-32(38(4,34)35)13-15-14-37-20(22(15)27)12-29-23-18(9-17(26)10-19(23)36-3)24(33)30-21-6-5-16(25)11-28-21/h5-6,9-11,14,29H,7-8,12-13H2,1-4H3,(H,28,30,33). The van der Waals surface area contributed by atoms with Gasteiger partial charge in [-0.2, -0.15) is 4.31 Å². The van der Waals surface area contributed by atoms with E-state index in [1.54, 1.807) is 18.2 Å². The summed E-state index contributed by atoms with van der Waals surface area (Å²) in [6.45, 7) is 1.34. The van der Waals surface area contributed by atoms with Crippen molar-refractivity contribution in [3.05, 3.63) is 66.9 Å². The molecule has 1 aromatic carbocycles. The Hall–Kier alpha value is -2.12. The molecule has 1 amide bonds. The molecule has 2 aromatic heterocycles. The number of ether oxygens (including phenoxy) is 1. The molecule has 0 aliphatic carbocycles. The number of sulfonamides is 1. The second kappa shape index (κ2) is 13.3. The number of carbonyl (C=O) groups excluding carboxylic acids is 1. The zero-order valence-electron chi connectivity index (χ0n) is 21.2. The topological polar surface area (TPSA) is 104 Å². The third-order valence-corrected chi connectivity index (χ3v) is 8.72. The molecule has 0 fully saturated rings. The highest BCUT2D eigenvalue weighted by Crippen LogP contribution is 2.35. The number of pyridine rings is 1. The second-order valence-electron chi connectivity index (χ2n) is 8.60. The Morgan fingerprint density at radius 2 is 1.87 bits per heavy atom. The molecule has 0 atom stereocenters. The van der Waals surface area contributed by atoms with Gasteiger partial charge in [0.25, 0.3) is 5.91 Å². The van der Waals surface area contributed by atoms with Crippen LogP contribution >= 0.6 is 46.1 Å². The number of hydrogen-bond donors (Lipinski definition) is 2. The largest absolute Gasteiger partial charge is 0.495 e. The third-order valence-electron chi connectivity index (χ3n) is 5.41. The molecule has 206 valence electrons. The highest BCUT2D eigenvalue weighted by atomic mass is 35.5. The Labute approximate surface area is 241 Å². The van der Waals surface area contributed by atoms with Crippen LogP contribution in [-0.2, 0) is 23.1 Å². The molecular weight excluding hydrogens is 593 g/mol. The van der Waals surface area contributed by atoms with Crippen LogP contribution in [0.15, 0.2) is 35.8 Å². The van der Waals surface area contributed by atoms with Crippen molar-refractivity contribution in [3.63, 3.8) is 0 Å². The molecule has 0 aliphatic heterocycles. The number of rotatable bonds is 12. The van der Waals surface area contributed by atoms with E-state index in [0.29, 0.717) is 51.0 Å². The molecule has 0 saturated carbocycles. The van der Waals surface area contributed by atoms with Crippen molar-refractivity contribution >= 4 is 73.6 Å².